The van der Waals surface area contributed by atoms with E-state index in [2.05, 4.69) is 15.9 Å². The molecule has 7 heteroatoms. The summed E-state index contributed by atoms with van der Waals surface area (Å²) in [5, 5.41) is 0.287. The molecule has 100 valence electrons. The van der Waals surface area contributed by atoms with E-state index in [0.717, 1.165) is 12.1 Å². The molecule has 0 aliphatic heterocycles. The average Bonchev–Trinajstić information content (AvgIpc) is 2.56. The van der Waals surface area contributed by atoms with Gasteiger partial charge in [0.25, 0.3) is 6.43 Å². The third-order valence-corrected chi connectivity index (χ3v) is 3.05. The topological polar surface area (TPSA) is 48.1 Å². The Balaban J connectivity index is 0.00000162. The van der Waals surface area contributed by atoms with Crippen molar-refractivity contribution >= 4 is 26.9 Å². The van der Waals surface area contributed by atoms with Gasteiger partial charge >= 0.3 is 0 Å². The quantitative estimate of drug-likeness (QED) is 0.782. The van der Waals surface area contributed by atoms with Gasteiger partial charge in [-0.1, -0.05) is 0 Å². The fraction of sp³-hybridized carbons (Fsp3) is 0.273. The van der Waals surface area contributed by atoms with Gasteiger partial charge in [-0.15, -0.1) is 0 Å². The Kier molecular flexibility index (Phi) is 4.39. The van der Waals surface area contributed by atoms with Crippen LogP contribution in [0.3, 0.4) is 0 Å². The summed E-state index contributed by atoms with van der Waals surface area (Å²) in [6.07, 6.45) is -5.67. The molecular weight excluding hydrogens is 318 g/mol. The minimum Gasteiger partial charge on any atom is -0.456 e. The first-order valence-corrected chi connectivity index (χ1v) is 5.51. The fourth-order valence-electron chi connectivity index (χ4n) is 1.64. The molecule has 1 heterocycles. The molecule has 0 aliphatic rings. The van der Waals surface area contributed by atoms with Gasteiger partial charge in [-0.3, -0.25) is 0 Å². The predicted octanol–water partition coefficient (Wildman–Crippen LogP) is 5.08. The number of furan rings is 1. The van der Waals surface area contributed by atoms with Crippen molar-refractivity contribution in [2.45, 2.75) is 19.5 Å². The molecule has 0 spiro atoms. The number of fused-ring (bicyclic) bond motifs is 1. The van der Waals surface area contributed by atoms with E-state index >= 15 is 0 Å². The predicted molar refractivity (Wildman–Crippen MR) is 63.5 cm³/mol. The zero-order valence-electron chi connectivity index (χ0n) is 9.31. The number of aryl methyl sites for hydroxylation is 1. The molecule has 0 saturated carbocycles. The molecule has 0 aliphatic carbocycles. The molecule has 0 saturated heterocycles. The van der Waals surface area contributed by atoms with Gasteiger partial charge in [0.2, 0.25) is 6.17 Å². The van der Waals surface area contributed by atoms with Gasteiger partial charge in [0.05, 0.1) is 4.47 Å². The van der Waals surface area contributed by atoms with Crippen molar-refractivity contribution in [3.63, 3.8) is 0 Å². The Bertz CT molecular complexity index is 570. The highest BCUT2D eigenvalue weighted by Gasteiger charge is 2.28. The number of hydrogen-bond donors (Lipinski definition) is 1. The van der Waals surface area contributed by atoms with Crippen LogP contribution in [0.15, 0.2) is 21.0 Å². The van der Waals surface area contributed by atoms with Crippen molar-refractivity contribution in [3.8, 4) is 0 Å². The van der Waals surface area contributed by atoms with Crippen molar-refractivity contribution in [1.29, 1.82) is 0 Å². The van der Waals surface area contributed by atoms with Crippen molar-refractivity contribution < 1.29 is 22.0 Å². The normalized spacial score (nSPS) is 12.8. The van der Waals surface area contributed by atoms with E-state index in [1.807, 2.05) is 0 Å². The lowest BCUT2D eigenvalue weighted by Gasteiger charge is -2.03. The molecule has 0 bridgehead atoms. The van der Waals surface area contributed by atoms with Crippen LogP contribution in [0.1, 0.15) is 17.5 Å². The van der Waals surface area contributed by atoms with Crippen LogP contribution in [-0.4, -0.2) is 6.43 Å². The zero-order chi connectivity index (χ0) is 12.7. The molecule has 0 fully saturated rings. The van der Waals surface area contributed by atoms with Crippen molar-refractivity contribution in [3.05, 3.63) is 33.7 Å². The van der Waals surface area contributed by atoms with Crippen LogP contribution >= 0.6 is 15.9 Å². The molecule has 0 amide bonds. The Morgan fingerprint density at radius 1 is 1.22 bits per heavy atom. The number of rotatable bonds is 2. The lowest BCUT2D eigenvalue weighted by molar-refractivity contribution is 0.0381. The number of hydrogen-bond acceptors (Lipinski definition) is 2. The Morgan fingerprint density at radius 3 is 2.39 bits per heavy atom. The minimum atomic E-state index is -3.17. The van der Waals surface area contributed by atoms with Crippen LogP contribution in [-0.2, 0) is 0 Å². The molecule has 18 heavy (non-hydrogen) atoms. The number of benzene rings is 1. The highest BCUT2D eigenvalue weighted by atomic mass is 79.9. The Hall–Kier alpha value is -1.08. The van der Waals surface area contributed by atoms with E-state index < -0.39 is 24.2 Å². The molecule has 2 rings (SSSR count). The van der Waals surface area contributed by atoms with E-state index in [1.165, 1.54) is 6.92 Å². The summed E-state index contributed by atoms with van der Waals surface area (Å²) in [4.78, 5) is 0. The summed E-state index contributed by atoms with van der Waals surface area (Å²) < 4.78 is 56.2. The second-order valence-corrected chi connectivity index (χ2v) is 4.45. The van der Waals surface area contributed by atoms with E-state index in [4.69, 9.17) is 4.42 Å². The van der Waals surface area contributed by atoms with Gasteiger partial charge in [0.1, 0.15) is 17.2 Å². The summed E-state index contributed by atoms with van der Waals surface area (Å²) >= 11 is 3.04. The van der Waals surface area contributed by atoms with E-state index in [1.54, 1.807) is 0 Å². The highest BCUT2D eigenvalue weighted by molar-refractivity contribution is 9.10. The second kappa shape index (κ2) is 5.27. The van der Waals surface area contributed by atoms with Crippen molar-refractivity contribution in [1.82, 2.24) is 6.15 Å². The molecule has 2 aromatic rings. The van der Waals surface area contributed by atoms with Gasteiger partial charge < -0.3 is 10.6 Å². The Morgan fingerprint density at radius 2 is 1.83 bits per heavy atom. The number of alkyl halides is 3. The largest absolute Gasteiger partial charge is 0.456 e. The lowest BCUT2D eigenvalue weighted by Crippen LogP contribution is -2.02. The van der Waals surface area contributed by atoms with Crippen LogP contribution in [0.5, 0.6) is 0 Å². The van der Waals surface area contributed by atoms with E-state index in [-0.39, 0.29) is 27.2 Å². The maximum atomic E-state index is 13.2. The standard InChI is InChI=1S/C11H7BrF4O.H3N/c1-4-6-2-5(13)3-7(12)10(6)17-9(4)8(14)11(15)16;/h2-3,8,11H,1H3;1H3. The molecule has 3 N–H and O–H groups in total. The summed E-state index contributed by atoms with van der Waals surface area (Å²) in [5.74, 6) is -1.01. The van der Waals surface area contributed by atoms with Crippen molar-refractivity contribution in [2.75, 3.05) is 0 Å². The summed E-state index contributed by atoms with van der Waals surface area (Å²) in [5.41, 5.74) is 0.357. The minimum absolute atomic E-state index is 0. The van der Waals surface area contributed by atoms with Crippen LogP contribution in [0.25, 0.3) is 11.0 Å². The second-order valence-electron chi connectivity index (χ2n) is 3.59. The fourth-order valence-corrected chi connectivity index (χ4v) is 2.15. The molecule has 2 nitrogen and oxygen atoms in total. The summed E-state index contributed by atoms with van der Waals surface area (Å²) in [7, 11) is 0. The first-order valence-electron chi connectivity index (χ1n) is 4.72. The summed E-state index contributed by atoms with van der Waals surface area (Å²) in [6.45, 7) is 1.42. The van der Waals surface area contributed by atoms with Gasteiger partial charge in [0, 0.05) is 10.9 Å². The molecule has 1 aromatic carbocycles. The average molecular weight is 328 g/mol. The van der Waals surface area contributed by atoms with E-state index in [9.17, 15) is 17.6 Å². The van der Waals surface area contributed by atoms with E-state index in [0.29, 0.717) is 0 Å². The molecule has 1 atom stereocenters. The third-order valence-electron chi connectivity index (χ3n) is 2.47. The Labute approximate surface area is 109 Å². The van der Waals surface area contributed by atoms with Gasteiger partial charge in [-0.05, 0) is 35.0 Å². The van der Waals surface area contributed by atoms with Crippen LogP contribution < -0.4 is 6.15 Å². The van der Waals surface area contributed by atoms with Gasteiger partial charge in [0.15, 0.2) is 0 Å². The first kappa shape index (κ1) is 15.0. The van der Waals surface area contributed by atoms with Crippen LogP contribution in [0.4, 0.5) is 17.6 Å². The lowest BCUT2D eigenvalue weighted by atomic mass is 10.1. The van der Waals surface area contributed by atoms with Gasteiger partial charge in [-0.2, -0.15) is 0 Å². The molecular formula is C11H10BrF4NO. The zero-order valence-corrected chi connectivity index (χ0v) is 10.9. The van der Waals surface area contributed by atoms with Crippen LogP contribution in [0, 0.1) is 12.7 Å². The molecule has 1 unspecified atom stereocenters. The molecule has 0 radical (unpaired) electrons. The number of halogens is 5. The smallest absolute Gasteiger partial charge is 0.276 e. The van der Waals surface area contributed by atoms with Crippen LogP contribution in [0.2, 0.25) is 0 Å². The maximum Gasteiger partial charge on any atom is 0.276 e. The maximum absolute atomic E-state index is 13.2. The highest BCUT2D eigenvalue weighted by Crippen LogP contribution is 2.37. The molecule has 1 aromatic heterocycles. The first-order chi connectivity index (χ1) is 7.91. The monoisotopic (exact) mass is 327 g/mol. The third kappa shape index (κ3) is 2.37. The summed E-state index contributed by atoms with van der Waals surface area (Å²) in [6, 6.07) is 2.26. The SMILES string of the molecule is Cc1c(C(F)C(F)F)oc2c(Br)cc(F)cc12.N. The van der Waals surface area contributed by atoms with Gasteiger partial charge in [-0.25, -0.2) is 17.6 Å². The van der Waals surface area contributed by atoms with Crippen molar-refractivity contribution in [2.24, 2.45) is 0 Å².